The molecule has 2 fully saturated rings. The van der Waals surface area contributed by atoms with E-state index in [0.29, 0.717) is 18.2 Å². The lowest BCUT2D eigenvalue weighted by atomic mass is 9.93. The van der Waals surface area contributed by atoms with Gasteiger partial charge >= 0.3 is 0 Å². The average Bonchev–Trinajstić information content (AvgIpc) is 3.48. The molecule has 2 atom stereocenters. The van der Waals surface area contributed by atoms with Gasteiger partial charge in [-0.15, -0.1) is 0 Å². The lowest BCUT2D eigenvalue weighted by Gasteiger charge is -2.37. The van der Waals surface area contributed by atoms with Crippen LogP contribution in [0.5, 0.6) is 0 Å². The van der Waals surface area contributed by atoms with Crippen LogP contribution in [-0.2, 0) is 4.79 Å². The molecule has 2 unspecified atom stereocenters. The molecule has 0 radical (unpaired) electrons. The van der Waals surface area contributed by atoms with E-state index in [1.165, 1.54) is 0 Å². The first-order chi connectivity index (χ1) is 12.5. The zero-order valence-electron chi connectivity index (χ0n) is 14.6. The molecule has 6 nitrogen and oxygen atoms in total. The molecule has 1 aliphatic heterocycles. The summed E-state index contributed by atoms with van der Waals surface area (Å²) in [7, 11) is 0. The Balaban J connectivity index is 1.49. The summed E-state index contributed by atoms with van der Waals surface area (Å²) in [6, 6.07) is 3.52. The predicted molar refractivity (Wildman–Crippen MR) is 102 cm³/mol. The quantitative estimate of drug-likeness (QED) is 0.834. The Morgan fingerprint density at radius 1 is 1.23 bits per heavy atom. The van der Waals surface area contributed by atoms with Crippen LogP contribution < -0.4 is 5.32 Å². The maximum Gasteiger partial charge on any atom is 0.270 e. The Morgan fingerprint density at radius 2 is 2.04 bits per heavy atom. The van der Waals surface area contributed by atoms with Crippen molar-refractivity contribution in [3.8, 4) is 0 Å². The molecule has 26 heavy (non-hydrogen) atoms. The second kappa shape index (κ2) is 6.95. The van der Waals surface area contributed by atoms with Gasteiger partial charge in [-0.3, -0.25) is 14.6 Å². The number of amides is 2. The van der Waals surface area contributed by atoms with Gasteiger partial charge in [-0.2, -0.15) is 0 Å². The zero-order chi connectivity index (χ0) is 18.3. The van der Waals surface area contributed by atoms with Crippen molar-refractivity contribution in [1.82, 2.24) is 20.2 Å². The number of nitrogens with zero attached hydrogens (tertiary/aromatic N) is 3. The second-order valence-electron chi connectivity index (χ2n) is 7.29. The molecule has 4 rings (SSSR count). The lowest BCUT2D eigenvalue weighted by Crippen LogP contribution is -2.53. The van der Waals surface area contributed by atoms with Crippen LogP contribution in [0.25, 0.3) is 10.9 Å². The third-order valence-corrected chi connectivity index (χ3v) is 5.88. The van der Waals surface area contributed by atoms with Gasteiger partial charge in [-0.05, 0) is 53.2 Å². The monoisotopic (exact) mass is 416 g/mol. The number of rotatable bonds is 3. The lowest BCUT2D eigenvalue weighted by molar-refractivity contribution is -0.134. The fourth-order valence-electron chi connectivity index (χ4n) is 3.42. The normalized spacial score (nSPS) is 23.1. The van der Waals surface area contributed by atoms with Crippen molar-refractivity contribution in [2.24, 2.45) is 11.8 Å². The van der Waals surface area contributed by atoms with Crippen molar-refractivity contribution >= 4 is 38.6 Å². The van der Waals surface area contributed by atoms with Crippen LogP contribution in [0.4, 0.5) is 0 Å². The highest BCUT2D eigenvalue weighted by atomic mass is 79.9. The maximum atomic E-state index is 12.7. The molecule has 1 aliphatic carbocycles. The second-order valence-corrected chi connectivity index (χ2v) is 8.15. The molecule has 1 N–H and O–H groups in total. The van der Waals surface area contributed by atoms with Crippen LogP contribution in [0, 0.1) is 11.8 Å². The molecule has 3 heterocycles. The molecule has 2 aromatic heterocycles. The topological polar surface area (TPSA) is 75.2 Å². The van der Waals surface area contributed by atoms with Crippen LogP contribution >= 0.6 is 15.9 Å². The Hall–Kier alpha value is -2.02. The van der Waals surface area contributed by atoms with Gasteiger partial charge in [0, 0.05) is 42.8 Å². The number of halogens is 1. The summed E-state index contributed by atoms with van der Waals surface area (Å²) in [4.78, 5) is 35.6. The van der Waals surface area contributed by atoms with Crippen molar-refractivity contribution in [2.45, 2.75) is 32.2 Å². The summed E-state index contributed by atoms with van der Waals surface area (Å²) in [5.74, 6) is 0.594. The van der Waals surface area contributed by atoms with E-state index in [1.807, 2.05) is 11.0 Å². The van der Waals surface area contributed by atoms with Gasteiger partial charge < -0.3 is 10.2 Å². The molecule has 2 amide bonds. The first kappa shape index (κ1) is 17.4. The molecular formula is C19H21BrN4O2. The molecule has 0 spiro atoms. The van der Waals surface area contributed by atoms with E-state index in [9.17, 15) is 9.59 Å². The maximum absolute atomic E-state index is 12.7. The van der Waals surface area contributed by atoms with E-state index in [-0.39, 0.29) is 23.8 Å². The first-order valence-electron chi connectivity index (χ1n) is 9.03. The molecule has 1 saturated carbocycles. The van der Waals surface area contributed by atoms with E-state index in [2.05, 4.69) is 38.1 Å². The van der Waals surface area contributed by atoms with Gasteiger partial charge in [0.15, 0.2) is 0 Å². The van der Waals surface area contributed by atoms with Gasteiger partial charge in [0.2, 0.25) is 5.91 Å². The minimum absolute atomic E-state index is 0.0441. The van der Waals surface area contributed by atoms with Crippen molar-refractivity contribution in [1.29, 1.82) is 0 Å². The fraction of sp³-hybridized carbons (Fsp3) is 0.474. The predicted octanol–water partition coefficient (Wildman–Crippen LogP) is 2.77. The summed E-state index contributed by atoms with van der Waals surface area (Å²) in [6.45, 7) is 3.50. The number of hydrogen-bond acceptors (Lipinski definition) is 4. The largest absolute Gasteiger partial charge is 0.346 e. The summed E-state index contributed by atoms with van der Waals surface area (Å²) in [6.07, 6.45) is 6.31. The van der Waals surface area contributed by atoms with Gasteiger partial charge in [0.1, 0.15) is 5.69 Å². The standard InChI is InChI=1S/C19H21BrN4O2/c1-11-6-7-24(19(26)12-2-3-12)10-16(11)23-18(25)15-5-4-13-8-21-9-14(20)17(13)22-15/h4-5,8-9,11-12,16H,2-3,6-7,10H2,1H3,(H,23,25). The van der Waals surface area contributed by atoms with Crippen LogP contribution in [0.15, 0.2) is 29.0 Å². The molecule has 0 aromatic carbocycles. The fourth-order valence-corrected chi connectivity index (χ4v) is 3.86. The number of piperidine rings is 1. The summed E-state index contributed by atoms with van der Waals surface area (Å²) in [5, 5.41) is 3.96. The van der Waals surface area contributed by atoms with Crippen molar-refractivity contribution in [2.75, 3.05) is 13.1 Å². The molecule has 7 heteroatoms. The Kier molecular flexibility index (Phi) is 4.65. The number of aromatic nitrogens is 2. The number of pyridine rings is 2. The summed E-state index contributed by atoms with van der Waals surface area (Å²) in [5.41, 5.74) is 1.09. The average molecular weight is 417 g/mol. The van der Waals surface area contributed by atoms with E-state index < -0.39 is 0 Å². The molecule has 0 bridgehead atoms. The van der Waals surface area contributed by atoms with Crippen molar-refractivity contribution in [3.05, 3.63) is 34.7 Å². The van der Waals surface area contributed by atoms with Crippen LogP contribution in [-0.4, -0.2) is 45.8 Å². The van der Waals surface area contributed by atoms with Gasteiger partial charge in [-0.1, -0.05) is 6.92 Å². The highest BCUT2D eigenvalue weighted by Gasteiger charge is 2.37. The summed E-state index contributed by atoms with van der Waals surface area (Å²) >= 11 is 3.43. The number of carbonyl (C=O) groups is 2. The number of carbonyl (C=O) groups excluding carboxylic acids is 2. The van der Waals surface area contributed by atoms with Crippen molar-refractivity contribution in [3.63, 3.8) is 0 Å². The van der Waals surface area contributed by atoms with Gasteiger partial charge in [0.05, 0.1) is 9.99 Å². The molecular weight excluding hydrogens is 396 g/mol. The van der Waals surface area contributed by atoms with E-state index in [1.54, 1.807) is 18.5 Å². The molecule has 1 saturated heterocycles. The van der Waals surface area contributed by atoms with Crippen molar-refractivity contribution < 1.29 is 9.59 Å². The SMILES string of the molecule is CC1CCN(C(=O)C2CC2)CC1NC(=O)c1ccc2cncc(Br)c2n1. The van der Waals surface area contributed by atoms with Crippen LogP contribution in [0.3, 0.4) is 0 Å². The third kappa shape index (κ3) is 3.45. The minimum Gasteiger partial charge on any atom is -0.346 e. The first-order valence-corrected chi connectivity index (χ1v) is 9.82. The molecule has 136 valence electrons. The number of hydrogen-bond donors (Lipinski definition) is 1. The highest BCUT2D eigenvalue weighted by Crippen LogP contribution is 2.32. The summed E-state index contributed by atoms with van der Waals surface area (Å²) < 4.78 is 0.761. The van der Waals surface area contributed by atoms with E-state index in [4.69, 9.17) is 0 Å². The van der Waals surface area contributed by atoms with Crippen LogP contribution in [0.2, 0.25) is 0 Å². The van der Waals surface area contributed by atoms with E-state index >= 15 is 0 Å². The minimum atomic E-state index is -0.201. The molecule has 2 aromatic rings. The Labute approximate surface area is 160 Å². The zero-order valence-corrected chi connectivity index (χ0v) is 16.2. The highest BCUT2D eigenvalue weighted by molar-refractivity contribution is 9.10. The van der Waals surface area contributed by atoms with Crippen LogP contribution in [0.1, 0.15) is 36.7 Å². The Morgan fingerprint density at radius 3 is 2.81 bits per heavy atom. The van der Waals surface area contributed by atoms with Gasteiger partial charge in [0.25, 0.3) is 5.91 Å². The smallest absolute Gasteiger partial charge is 0.270 e. The van der Waals surface area contributed by atoms with Gasteiger partial charge in [-0.25, -0.2) is 4.98 Å². The molecule has 2 aliphatic rings. The number of fused-ring (bicyclic) bond motifs is 1. The van der Waals surface area contributed by atoms with E-state index in [0.717, 1.165) is 41.2 Å². The number of nitrogens with one attached hydrogen (secondary N) is 1. The Bertz CT molecular complexity index is 868. The number of likely N-dealkylation sites (tertiary alicyclic amines) is 1. The third-order valence-electron chi connectivity index (χ3n) is 5.30.